The van der Waals surface area contributed by atoms with Crippen LogP contribution < -0.4 is 0 Å². The molecule has 0 atom stereocenters. The Hall–Kier alpha value is -1.13. The van der Waals surface area contributed by atoms with Crippen molar-refractivity contribution in [1.82, 2.24) is 9.55 Å². The van der Waals surface area contributed by atoms with Gasteiger partial charge in [0, 0.05) is 25.6 Å². The van der Waals surface area contributed by atoms with E-state index in [1.165, 1.54) is 5.56 Å². The average molecular weight is 309 g/mol. The Bertz CT molecular complexity index is 531. The molecule has 0 saturated heterocycles. The summed E-state index contributed by atoms with van der Waals surface area (Å²) in [4.78, 5) is 4.52. The summed E-state index contributed by atoms with van der Waals surface area (Å²) >= 11 is 3.45. The highest BCUT2D eigenvalue weighted by Gasteiger charge is 2.13. The van der Waals surface area contributed by atoms with Gasteiger partial charge in [-0.05, 0) is 27.9 Å². The molecule has 1 N–H and O–H groups in total. The molecule has 0 bridgehead atoms. The van der Waals surface area contributed by atoms with Crippen molar-refractivity contribution in [3.8, 4) is 11.4 Å². The largest absolute Gasteiger partial charge is 0.396 e. The first-order valence-corrected chi connectivity index (χ1v) is 6.88. The molecule has 0 spiro atoms. The van der Waals surface area contributed by atoms with Crippen LogP contribution in [0.4, 0.5) is 0 Å². The zero-order valence-electron chi connectivity index (χ0n) is 10.7. The lowest BCUT2D eigenvalue weighted by Gasteiger charge is -2.05. The Morgan fingerprint density at radius 3 is 2.50 bits per heavy atom. The third kappa shape index (κ3) is 2.49. The van der Waals surface area contributed by atoms with Gasteiger partial charge in [-0.3, -0.25) is 0 Å². The summed E-state index contributed by atoms with van der Waals surface area (Å²) < 4.78 is 2.84. The number of aliphatic hydroxyl groups is 1. The number of imidazole rings is 1. The smallest absolute Gasteiger partial charge is 0.141 e. The molecule has 2 rings (SSSR count). The first-order valence-electron chi connectivity index (χ1n) is 6.08. The van der Waals surface area contributed by atoms with E-state index in [4.69, 9.17) is 5.11 Å². The van der Waals surface area contributed by atoms with Crippen molar-refractivity contribution in [2.45, 2.75) is 19.8 Å². The number of aromatic nitrogens is 2. The third-order valence-electron chi connectivity index (χ3n) is 3.13. The summed E-state index contributed by atoms with van der Waals surface area (Å²) in [6.45, 7) is 2.28. The zero-order chi connectivity index (χ0) is 13.1. The fourth-order valence-corrected chi connectivity index (χ4v) is 2.66. The van der Waals surface area contributed by atoms with Crippen molar-refractivity contribution in [2.75, 3.05) is 6.61 Å². The van der Waals surface area contributed by atoms with Gasteiger partial charge in [-0.15, -0.1) is 0 Å². The number of hydrogen-bond donors (Lipinski definition) is 1. The van der Waals surface area contributed by atoms with Crippen LogP contribution in [0.5, 0.6) is 0 Å². The van der Waals surface area contributed by atoms with Gasteiger partial charge in [-0.1, -0.05) is 31.2 Å². The minimum atomic E-state index is 0.131. The Kier molecular flexibility index (Phi) is 4.19. The van der Waals surface area contributed by atoms with Crippen LogP contribution in [0.25, 0.3) is 11.4 Å². The molecule has 1 aromatic carbocycles. The summed E-state index contributed by atoms with van der Waals surface area (Å²) in [5.41, 5.74) is 3.44. The molecule has 0 saturated carbocycles. The molecule has 0 aliphatic carbocycles. The van der Waals surface area contributed by atoms with Gasteiger partial charge in [0.15, 0.2) is 0 Å². The van der Waals surface area contributed by atoms with E-state index in [0.29, 0.717) is 6.42 Å². The SMILES string of the molecule is CCc1ccc(-c2nc(Br)c(CCO)n2C)cc1. The van der Waals surface area contributed by atoms with E-state index in [0.717, 1.165) is 28.1 Å². The summed E-state index contributed by atoms with van der Waals surface area (Å²) in [6, 6.07) is 8.44. The maximum Gasteiger partial charge on any atom is 0.141 e. The summed E-state index contributed by atoms with van der Waals surface area (Å²) in [7, 11) is 1.98. The molecule has 1 heterocycles. The second-order valence-corrected chi connectivity index (χ2v) is 5.01. The van der Waals surface area contributed by atoms with Gasteiger partial charge in [0.05, 0.1) is 5.69 Å². The fraction of sp³-hybridized carbons (Fsp3) is 0.357. The number of aryl methyl sites for hydroxylation is 1. The van der Waals surface area contributed by atoms with E-state index in [9.17, 15) is 0 Å². The first-order chi connectivity index (χ1) is 8.67. The van der Waals surface area contributed by atoms with Gasteiger partial charge in [0.25, 0.3) is 0 Å². The van der Waals surface area contributed by atoms with Gasteiger partial charge in [0.2, 0.25) is 0 Å². The number of benzene rings is 1. The highest BCUT2D eigenvalue weighted by atomic mass is 79.9. The Balaban J connectivity index is 2.40. The molecule has 1 aromatic heterocycles. The van der Waals surface area contributed by atoms with Crippen molar-refractivity contribution in [3.63, 3.8) is 0 Å². The molecule has 18 heavy (non-hydrogen) atoms. The molecule has 0 fully saturated rings. The summed E-state index contributed by atoms with van der Waals surface area (Å²) in [5.74, 6) is 0.924. The quantitative estimate of drug-likeness (QED) is 0.943. The Labute approximate surface area is 116 Å². The number of rotatable bonds is 4. The third-order valence-corrected chi connectivity index (χ3v) is 3.77. The van der Waals surface area contributed by atoms with Gasteiger partial charge in [-0.2, -0.15) is 0 Å². The monoisotopic (exact) mass is 308 g/mol. The van der Waals surface area contributed by atoms with Crippen molar-refractivity contribution in [2.24, 2.45) is 7.05 Å². The normalized spacial score (nSPS) is 10.9. The van der Waals surface area contributed by atoms with E-state index in [2.05, 4.69) is 52.1 Å². The van der Waals surface area contributed by atoms with Crippen LogP contribution in [0.3, 0.4) is 0 Å². The maximum absolute atomic E-state index is 9.05. The topological polar surface area (TPSA) is 38.1 Å². The molecule has 3 nitrogen and oxygen atoms in total. The van der Waals surface area contributed by atoms with E-state index >= 15 is 0 Å². The first kappa shape index (κ1) is 13.3. The van der Waals surface area contributed by atoms with Crippen LogP contribution in [0, 0.1) is 0 Å². The van der Waals surface area contributed by atoms with Crippen LogP contribution in [0.1, 0.15) is 18.2 Å². The van der Waals surface area contributed by atoms with Crippen molar-refractivity contribution in [1.29, 1.82) is 0 Å². The molecule has 0 aliphatic rings. The summed E-state index contributed by atoms with van der Waals surface area (Å²) in [6.07, 6.45) is 1.65. The molecule has 0 unspecified atom stereocenters. The van der Waals surface area contributed by atoms with E-state index in [1.54, 1.807) is 0 Å². The molecular weight excluding hydrogens is 292 g/mol. The number of hydrogen-bond acceptors (Lipinski definition) is 2. The predicted octanol–water partition coefficient (Wildman–Crippen LogP) is 2.95. The number of aliphatic hydroxyl groups excluding tert-OH is 1. The lowest BCUT2D eigenvalue weighted by Crippen LogP contribution is -2.01. The summed E-state index contributed by atoms with van der Waals surface area (Å²) in [5, 5.41) is 9.05. The van der Waals surface area contributed by atoms with Crippen molar-refractivity contribution >= 4 is 15.9 Å². The van der Waals surface area contributed by atoms with Gasteiger partial charge < -0.3 is 9.67 Å². The minimum Gasteiger partial charge on any atom is -0.396 e. The number of nitrogens with zero attached hydrogens (tertiary/aromatic N) is 2. The van der Waals surface area contributed by atoms with Crippen LogP contribution in [0.2, 0.25) is 0 Å². The van der Waals surface area contributed by atoms with Gasteiger partial charge in [-0.25, -0.2) is 4.98 Å². The van der Waals surface area contributed by atoms with E-state index in [1.807, 2.05) is 11.6 Å². The fourth-order valence-electron chi connectivity index (χ4n) is 2.02. The Morgan fingerprint density at radius 2 is 1.94 bits per heavy atom. The number of halogens is 1. The zero-order valence-corrected chi connectivity index (χ0v) is 12.2. The molecule has 96 valence electrons. The minimum absolute atomic E-state index is 0.131. The van der Waals surface area contributed by atoms with Crippen LogP contribution in [0.15, 0.2) is 28.9 Å². The lowest BCUT2D eigenvalue weighted by molar-refractivity contribution is 0.296. The lowest BCUT2D eigenvalue weighted by atomic mass is 10.1. The van der Waals surface area contributed by atoms with Gasteiger partial charge >= 0.3 is 0 Å². The van der Waals surface area contributed by atoms with Crippen molar-refractivity contribution < 1.29 is 5.11 Å². The van der Waals surface area contributed by atoms with Crippen LogP contribution in [-0.2, 0) is 19.9 Å². The molecule has 0 radical (unpaired) electrons. The highest BCUT2D eigenvalue weighted by molar-refractivity contribution is 9.10. The average Bonchev–Trinajstić information content (AvgIpc) is 2.67. The molecule has 2 aromatic rings. The Morgan fingerprint density at radius 1 is 1.28 bits per heavy atom. The molecule has 0 aliphatic heterocycles. The molecule has 4 heteroatoms. The van der Waals surface area contributed by atoms with Crippen molar-refractivity contribution in [3.05, 3.63) is 40.1 Å². The second-order valence-electron chi connectivity index (χ2n) is 4.26. The maximum atomic E-state index is 9.05. The van der Waals surface area contributed by atoms with Gasteiger partial charge in [0.1, 0.15) is 10.4 Å². The standard InChI is InChI=1S/C14H17BrN2O/c1-3-10-4-6-11(7-5-10)14-16-13(15)12(8-9-18)17(14)2/h4-7,18H,3,8-9H2,1-2H3. The second kappa shape index (κ2) is 5.67. The van der Waals surface area contributed by atoms with Crippen LogP contribution in [-0.4, -0.2) is 21.3 Å². The molecule has 0 amide bonds. The van der Waals surface area contributed by atoms with E-state index in [-0.39, 0.29) is 6.61 Å². The predicted molar refractivity (Wildman–Crippen MR) is 76.5 cm³/mol. The van der Waals surface area contributed by atoms with E-state index < -0.39 is 0 Å². The molecular formula is C14H17BrN2O. The van der Waals surface area contributed by atoms with Crippen LogP contribution >= 0.6 is 15.9 Å². The highest BCUT2D eigenvalue weighted by Crippen LogP contribution is 2.25.